The van der Waals surface area contributed by atoms with Gasteiger partial charge in [-0.3, -0.25) is 10.3 Å². The summed E-state index contributed by atoms with van der Waals surface area (Å²) in [4.78, 5) is 13.4. The number of aromatic amines is 1. The van der Waals surface area contributed by atoms with E-state index in [0.717, 1.165) is 75.2 Å². The van der Waals surface area contributed by atoms with Crippen LogP contribution >= 0.6 is 0 Å². The van der Waals surface area contributed by atoms with Gasteiger partial charge in [0.2, 0.25) is 0 Å². The second-order valence-corrected chi connectivity index (χ2v) is 10.3. The Morgan fingerprint density at radius 2 is 2.09 bits per heavy atom. The molecule has 3 heterocycles. The molecule has 4 atom stereocenters. The fourth-order valence-corrected chi connectivity index (χ4v) is 5.97. The minimum absolute atomic E-state index is 0.180. The standard InChI is InChI=1S/C25H37FN6O/c1-4-15-12-23(33)19(26)13-18(15)16-5-6-17-21(11-16)29-30-24(17)25-27-20-7-8-32(10-9-31(2)3)14-22(20)28-25/h12-13,16-17,21,24,29-30,33H,4-11,14H2,1-3H3,(H,27,28). The molecule has 8 heteroatoms. The van der Waals surface area contributed by atoms with Gasteiger partial charge in [-0.15, -0.1) is 0 Å². The largest absolute Gasteiger partial charge is 0.505 e. The summed E-state index contributed by atoms with van der Waals surface area (Å²) in [7, 11) is 4.24. The molecule has 2 fully saturated rings. The van der Waals surface area contributed by atoms with Gasteiger partial charge in [-0.2, -0.15) is 0 Å². The van der Waals surface area contributed by atoms with E-state index in [1.807, 2.05) is 0 Å². The van der Waals surface area contributed by atoms with Crippen LogP contribution in [0.15, 0.2) is 12.1 Å². The Morgan fingerprint density at radius 1 is 1.24 bits per heavy atom. The Bertz CT molecular complexity index is 992. The molecule has 0 radical (unpaired) electrons. The molecule has 180 valence electrons. The molecule has 1 aliphatic carbocycles. The molecule has 2 aliphatic heterocycles. The number of imidazole rings is 1. The van der Waals surface area contributed by atoms with Crippen molar-refractivity contribution in [1.82, 2.24) is 30.6 Å². The lowest BCUT2D eigenvalue weighted by molar-refractivity contribution is 0.222. The van der Waals surface area contributed by atoms with Crippen molar-refractivity contribution < 1.29 is 9.50 Å². The van der Waals surface area contributed by atoms with Crippen LogP contribution in [0.3, 0.4) is 0 Å². The number of aryl methyl sites for hydroxylation is 1. The number of benzene rings is 1. The van der Waals surface area contributed by atoms with Crippen LogP contribution < -0.4 is 10.9 Å². The van der Waals surface area contributed by atoms with Crippen LogP contribution in [-0.4, -0.2) is 64.6 Å². The Morgan fingerprint density at radius 3 is 2.88 bits per heavy atom. The number of hydrogen-bond acceptors (Lipinski definition) is 6. The highest BCUT2D eigenvalue weighted by Gasteiger charge is 2.43. The monoisotopic (exact) mass is 456 g/mol. The van der Waals surface area contributed by atoms with Gasteiger partial charge in [0, 0.05) is 38.6 Å². The lowest BCUT2D eigenvalue weighted by Crippen LogP contribution is -2.35. The summed E-state index contributed by atoms with van der Waals surface area (Å²) in [5.41, 5.74) is 11.6. The average Bonchev–Trinajstić information content (AvgIpc) is 3.42. The molecular weight excluding hydrogens is 419 g/mol. The van der Waals surface area contributed by atoms with E-state index >= 15 is 0 Å². The van der Waals surface area contributed by atoms with Crippen LogP contribution in [0.2, 0.25) is 0 Å². The smallest absolute Gasteiger partial charge is 0.165 e. The third-order valence-corrected chi connectivity index (χ3v) is 7.87. The maximum atomic E-state index is 14.1. The number of hydrogen-bond donors (Lipinski definition) is 4. The summed E-state index contributed by atoms with van der Waals surface area (Å²) in [5, 5.41) is 9.79. The van der Waals surface area contributed by atoms with Gasteiger partial charge in [0.1, 0.15) is 5.82 Å². The highest BCUT2D eigenvalue weighted by molar-refractivity contribution is 5.39. The number of phenols is 1. The van der Waals surface area contributed by atoms with Crippen LogP contribution in [0.4, 0.5) is 4.39 Å². The molecule has 3 aliphatic rings. The summed E-state index contributed by atoms with van der Waals surface area (Å²) in [6.45, 7) is 6.22. The van der Waals surface area contributed by atoms with E-state index in [2.05, 4.69) is 46.7 Å². The number of likely N-dealkylation sites (N-methyl/N-ethyl adjacent to an activating group) is 1. The number of H-pyrrole nitrogens is 1. The van der Waals surface area contributed by atoms with Crippen molar-refractivity contribution in [3.05, 3.63) is 46.3 Å². The van der Waals surface area contributed by atoms with Crippen molar-refractivity contribution >= 4 is 0 Å². The highest BCUT2D eigenvalue weighted by atomic mass is 19.1. The number of aromatic hydroxyl groups is 1. The molecule has 5 rings (SSSR count). The third-order valence-electron chi connectivity index (χ3n) is 7.87. The van der Waals surface area contributed by atoms with Crippen LogP contribution in [-0.2, 0) is 19.4 Å². The molecule has 1 aromatic heterocycles. The first-order valence-electron chi connectivity index (χ1n) is 12.4. The summed E-state index contributed by atoms with van der Waals surface area (Å²) < 4.78 is 14.1. The summed E-state index contributed by atoms with van der Waals surface area (Å²) >= 11 is 0. The van der Waals surface area contributed by atoms with Crippen molar-refractivity contribution in [1.29, 1.82) is 0 Å². The number of halogens is 1. The second kappa shape index (κ2) is 9.33. The van der Waals surface area contributed by atoms with Gasteiger partial charge in [-0.25, -0.2) is 14.8 Å². The van der Waals surface area contributed by atoms with Gasteiger partial charge in [-0.05, 0) is 74.9 Å². The molecule has 0 amide bonds. The first-order valence-corrected chi connectivity index (χ1v) is 12.4. The molecule has 0 bridgehead atoms. The Balaban J connectivity index is 1.27. The van der Waals surface area contributed by atoms with Crippen LogP contribution in [0.1, 0.15) is 66.5 Å². The number of rotatable bonds is 6. The SMILES string of the molecule is CCc1cc(O)c(F)cc1C1CCC2C(C1)NNC2c1nc2c([nH]1)CN(CCN(C)C)CC2. The van der Waals surface area contributed by atoms with Crippen molar-refractivity contribution in [3.63, 3.8) is 0 Å². The van der Waals surface area contributed by atoms with Crippen LogP contribution in [0.5, 0.6) is 5.75 Å². The molecule has 7 nitrogen and oxygen atoms in total. The zero-order valence-electron chi connectivity index (χ0n) is 20.0. The number of aromatic nitrogens is 2. The summed E-state index contributed by atoms with van der Waals surface area (Å²) in [6.07, 6.45) is 4.85. The minimum atomic E-state index is -0.513. The quantitative estimate of drug-likeness (QED) is 0.535. The van der Waals surface area contributed by atoms with Gasteiger partial charge >= 0.3 is 0 Å². The normalized spacial score (nSPS) is 27.7. The number of hydrazine groups is 1. The van der Waals surface area contributed by atoms with E-state index in [1.54, 1.807) is 12.1 Å². The van der Waals surface area contributed by atoms with E-state index in [4.69, 9.17) is 4.98 Å². The van der Waals surface area contributed by atoms with Crippen molar-refractivity contribution in [3.8, 4) is 5.75 Å². The van der Waals surface area contributed by atoms with Crippen LogP contribution in [0.25, 0.3) is 0 Å². The maximum absolute atomic E-state index is 14.1. The lowest BCUT2D eigenvalue weighted by Gasteiger charge is -2.33. The summed E-state index contributed by atoms with van der Waals surface area (Å²) in [5.74, 6) is 1.07. The van der Waals surface area contributed by atoms with E-state index in [9.17, 15) is 9.50 Å². The molecule has 1 aromatic carbocycles. The second-order valence-electron chi connectivity index (χ2n) is 10.3. The van der Waals surface area contributed by atoms with Crippen LogP contribution in [0, 0.1) is 11.7 Å². The molecule has 1 saturated heterocycles. The predicted molar refractivity (Wildman–Crippen MR) is 126 cm³/mol. The van der Waals surface area contributed by atoms with Crippen molar-refractivity contribution in [2.24, 2.45) is 5.92 Å². The number of phenolic OH excluding ortho intramolecular Hbond substituents is 1. The molecule has 4 N–H and O–H groups in total. The van der Waals surface area contributed by atoms with E-state index in [-0.39, 0.29) is 11.8 Å². The first kappa shape index (κ1) is 22.8. The van der Waals surface area contributed by atoms with Gasteiger partial charge < -0.3 is 15.0 Å². The van der Waals surface area contributed by atoms with Gasteiger partial charge in [0.15, 0.2) is 11.6 Å². The number of nitrogens with one attached hydrogen (secondary N) is 3. The zero-order valence-corrected chi connectivity index (χ0v) is 20.0. The van der Waals surface area contributed by atoms with Gasteiger partial charge in [0.25, 0.3) is 0 Å². The maximum Gasteiger partial charge on any atom is 0.165 e. The number of nitrogens with zero attached hydrogens (tertiary/aromatic N) is 3. The van der Waals surface area contributed by atoms with Crippen molar-refractivity contribution in [2.45, 2.75) is 63.6 Å². The lowest BCUT2D eigenvalue weighted by atomic mass is 9.73. The minimum Gasteiger partial charge on any atom is -0.505 e. The first-order chi connectivity index (χ1) is 15.9. The molecule has 1 saturated carbocycles. The molecule has 4 unspecified atom stereocenters. The summed E-state index contributed by atoms with van der Waals surface area (Å²) in [6, 6.07) is 3.67. The van der Waals surface area contributed by atoms with Gasteiger partial charge in [0.05, 0.1) is 17.4 Å². The van der Waals surface area contributed by atoms with E-state index < -0.39 is 5.82 Å². The molecule has 2 aromatic rings. The molecule has 33 heavy (non-hydrogen) atoms. The Kier molecular flexibility index (Phi) is 6.44. The average molecular weight is 457 g/mol. The third kappa shape index (κ3) is 4.54. The molecule has 0 spiro atoms. The van der Waals surface area contributed by atoms with E-state index in [0.29, 0.717) is 17.9 Å². The zero-order chi connectivity index (χ0) is 23.1. The fourth-order valence-electron chi connectivity index (χ4n) is 5.97. The van der Waals surface area contributed by atoms with Crippen molar-refractivity contribution in [2.75, 3.05) is 33.7 Å². The predicted octanol–water partition coefficient (Wildman–Crippen LogP) is 2.84. The number of fused-ring (bicyclic) bond motifs is 2. The van der Waals surface area contributed by atoms with Gasteiger partial charge in [-0.1, -0.05) is 6.92 Å². The Hall–Kier alpha value is -2.00. The highest BCUT2D eigenvalue weighted by Crippen LogP contribution is 2.44. The van der Waals surface area contributed by atoms with E-state index in [1.165, 1.54) is 11.4 Å². The Labute approximate surface area is 195 Å². The topological polar surface area (TPSA) is 79.4 Å². The fraction of sp³-hybridized carbons (Fsp3) is 0.640. The molecular formula is C25H37FN6O.